The van der Waals surface area contributed by atoms with Gasteiger partial charge in [-0.3, -0.25) is 0 Å². The van der Waals surface area contributed by atoms with Gasteiger partial charge in [0.25, 0.3) is 0 Å². The SMILES string of the molecule is CCC.CCC=CC=CCCCC.CCC=CC=CCCCC. The highest BCUT2D eigenvalue weighted by atomic mass is 13.8. The first-order valence-corrected chi connectivity index (χ1v) is 9.88. The maximum Gasteiger partial charge on any atom is -0.0348 e. The summed E-state index contributed by atoms with van der Waals surface area (Å²) in [5, 5.41) is 0. The van der Waals surface area contributed by atoms with E-state index in [-0.39, 0.29) is 0 Å². The van der Waals surface area contributed by atoms with Crippen molar-refractivity contribution in [3.63, 3.8) is 0 Å². The fourth-order valence-corrected chi connectivity index (χ4v) is 1.42. The van der Waals surface area contributed by atoms with Crippen molar-refractivity contribution in [3.05, 3.63) is 48.6 Å². The highest BCUT2D eigenvalue weighted by Gasteiger charge is 1.75. The average Bonchev–Trinajstić information content (AvgIpc) is 2.56. The molecular formula is C23H44. The lowest BCUT2D eigenvalue weighted by Gasteiger charge is -1.85. The van der Waals surface area contributed by atoms with Gasteiger partial charge in [-0.15, -0.1) is 0 Å². The summed E-state index contributed by atoms with van der Waals surface area (Å²) >= 11 is 0. The van der Waals surface area contributed by atoms with Crippen LogP contribution in [0.15, 0.2) is 48.6 Å². The van der Waals surface area contributed by atoms with Crippen molar-refractivity contribution >= 4 is 0 Å². The normalized spacial score (nSPS) is 11.0. The predicted octanol–water partition coefficient (Wildman–Crippen LogP) is 8.81. The molecule has 23 heavy (non-hydrogen) atoms. The average molecular weight is 321 g/mol. The largest absolute Gasteiger partial charge is 0.0848 e. The zero-order valence-corrected chi connectivity index (χ0v) is 17.0. The van der Waals surface area contributed by atoms with E-state index < -0.39 is 0 Å². The number of rotatable bonds is 10. The molecule has 0 bridgehead atoms. The van der Waals surface area contributed by atoms with E-state index in [1.807, 2.05) is 0 Å². The van der Waals surface area contributed by atoms with Gasteiger partial charge in [-0.25, -0.2) is 0 Å². The topological polar surface area (TPSA) is 0 Å². The third-order valence-electron chi connectivity index (χ3n) is 2.69. The summed E-state index contributed by atoms with van der Waals surface area (Å²) in [7, 11) is 0. The Morgan fingerprint density at radius 1 is 0.478 bits per heavy atom. The zero-order chi connectivity index (χ0) is 18.0. The molecular weight excluding hydrogens is 276 g/mol. The van der Waals surface area contributed by atoms with Crippen LogP contribution in [0.5, 0.6) is 0 Å². The van der Waals surface area contributed by atoms with E-state index in [9.17, 15) is 0 Å². The lowest BCUT2D eigenvalue weighted by atomic mass is 10.2. The molecule has 0 saturated heterocycles. The molecule has 0 rings (SSSR count). The van der Waals surface area contributed by atoms with Crippen LogP contribution in [0.2, 0.25) is 0 Å². The van der Waals surface area contributed by atoms with Crippen molar-refractivity contribution in [1.29, 1.82) is 0 Å². The van der Waals surface area contributed by atoms with Crippen LogP contribution in [-0.2, 0) is 0 Å². The monoisotopic (exact) mass is 320 g/mol. The second-order valence-corrected chi connectivity index (χ2v) is 5.52. The Balaban J connectivity index is -0.000000297. The van der Waals surface area contributed by atoms with E-state index in [1.54, 1.807) is 0 Å². The minimum absolute atomic E-state index is 1.14. The Labute approximate surface area is 148 Å². The number of unbranched alkanes of at least 4 members (excludes halogenated alkanes) is 4. The summed E-state index contributed by atoms with van der Waals surface area (Å²) < 4.78 is 0. The Morgan fingerprint density at radius 2 is 0.783 bits per heavy atom. The molecule has 0 saturated carbocycles. The highest BCUT2D eigenvalue weighted by molar-refractivity contribution is 5.02. The van der Waals surface area contributed by atoms with Crippen LogP contribution in [0.4, 0.5) is 0 Å². The van der Waals surface area contributed by atoms with Gasteiger partial charge in [0.2, 0.25) is 0 Å². The Kier molecular flexibility index (Phi) is 38.3. The smallest absolute Gasteiger partial charge is 0.0348 e. The molecule has 0 spiro atoms. The quantitative estimate of drug-likeness (QED) is 0.278. The van der Waals surface area contributed by atoms with Crippen molar-refractivity contribution in [2.45, 2.75) is 99.3 Å². The maximum atomic E-state index is 2.23. The Bertz CT molecular complexity index is 238. The van der Waals surface area contributed by atoms with Crippen LogP contribution in [0.3, 0.4) is 0 Å². The van der Waals surface area contributed by atoms with Gasteiger partial charge < -0.3 is 0 Å². The zero-order valence-electron chi connectivity index (χ0n) is 17.0. The predicted molar refractivity (Wildman–Crippen MR) is 112 cm³/mol. The second-order valence-electron chi connectivity index (χ2n) is 5.52. The summed E-state index contributed by atoms with van der Waals surface area (Å²) in [6, 6.07) is 0. The third kappa shape index (κ3) is 44.9. The lowest BCUT2D eigenvalue weighted by molar-refractivity contribution is 0.815. The Hall–Kier alpha value is -1.04. The molecule has 0 N–H and O–H groups in total. The first-order chi connectivity index (χ1) is 11.2. The van der Waals surface area contributed by atoms with Crippen LogP contribution < -0.4 is 0 Å². The van der Waals surface area contributed by atoms with Crippen LogP contribution in [0, 0.1) is 0 Å². The van der Waals surface area contributed by atoms with Gasteiger partial charge in [0.1, 0.15) is 0 Å². The maximum absolute atomic E-state index is 2.23. The Morgan fingerprint density at radius 3 is 1.04 bits per heavy atom. The lowest BCUT2D eigenvalue weighted by Crippen LogP contribution is -1.64. The molecule has 0 aliphatic carbocycles. The minimum atomic E-state index is 1.14. The molecule has 0 unspecified atom stereocenters. The van der Waals surface area contributed by atoms with Gasteiger partial charge in [-0.2, -0.15) is 0 Å². The van der Waals surface area contributed by atoms with E-state index in [4.69, 9.17) is 0 Å². The van der Waals surface area contributed by atoms with E-state index >= 15 is 0 Å². The van der Waals surface area contributed by atoms with Crippen molar-refractivity contribution in [2.24, 2.45) is 0 Å². The van der Waals surface area contributed by atoms with Crippen LogP contribution in [0.25, 0.3) is 0 Å². The van der Waals surface area contributed by atoms with E-state index in [0.717, 1.165) is 12.8 Å². The molecule has 0 aliphatic rings. The van der Waals surface area contributed by atoms with E-state index in [0.29, 0.717) is 0 Å². The van der Waals surface area contributed by atoms with Gasteiger partial charge in [0.15, 0.2) is 0 Å². The van der Waals surface area contributed by atoms with Gasteiger partial charge in [-0.05, 0) is 25.7 Å². The molecule has 0 amide bonds. The standard InChI is InChI=1S/2C10H18.C3H8/c2*1-3-5-7-9-10-8-6-4-2;1-3-2/h2*5,7,9-10H,3-4,6,8H2,1-2H3;3H2,1-2H3. The third-order valence-corrected chi connectivity index (χ3v) is 2.69. The molecule has 0 aromatic heterocycles. The first-order valence-electron chi connectivity index (χ1n) is 9.88. The van der Waals surface area contributed by atoms with Crippen molar-refractivity contribution in [3.8, 4) is 0 Å². The summed E-state index contributed by atoms with van der Waals surface area (Å²) in [6.45, 7) is 13.0. The summed E-state index contributed by atoms with van der Waals surface area (Å²) in [5.74, 6) is 0. The summed E-state index contributed by atoms with van der Waals surface area (Å²) in [6.07, 6.45) is 28.5. The molecule has 0 heteroatoms. The van der Waals surface area contributed by atoms with Crippen LogP contribution in [-0.4, -0.2) is 0 Å². The number of hydrogen-bond acceptors (Lipinski definition) is 0. The summed E-state index contributed by atoms with van der Waals surface area (Å²) in [5.41, 5.74) is 0. The van der Waals surface area contributed by atoms with Gasteiger partial charge in [-0.1, -0.05) is 122 Å². The van der Waals surface area contributed by atoms with Crippen LogP contribution in [0.1, 0.15) is 99.3 Å². The molecule has 0 aromatic rings. The van der Waals surface area contributed by atoms with Crippen molar-refractivity contribution in [1.82, 2.24) is 0 Å². The summed E-state index contributed by atoms with van der Waals surface area (Å²) in [4.78, 5) is 0. The van der Waals surface area contributed by atoms with Gasteiger partial charge in [0.05, 0.1) is 0 Å². The van der Waals surface area contributed by atoms with E-state index in [2.05, 4.69) is 90.2 Å². The number of allylic oxidation sites excluding steroid dienone is 8. The van der Waals surface area contributed by atoms with Crippen LogP contribution >= 0.6 is 0 Å². The molecule has 0 heterocycles. The highest BCUT2D eigenvalue weighted by Crippen LogP contribution is 1.95. The molecule has 0 radical (unpaired) electrons. The van der Waals surface area contributed by atoms with Gasteiger partial charge in [0, 0.05) is 0 Å². The minimum Gasteiger partial charge on any atom is -0.0848 e. The van der Waals surface area contributed by atoms with E-state index in [1.165, 1.54) is 44.9 Å². The fourth-order valence-electron chi connectivity index (χ4n) is 1.42. The first kappa shape index (κ1) is 26.8. The molecule has 136 valence electrons. The van der Waals surface area contributed by atoms with Crippen molar-refractivity contribution < 1.29 is 0 Å². The molecule has 0 nitrogen and oxygen atoms in total. The molecule has 0 aromatic carbocycles. The fraction of sp³-hybridized carbons (Fsp3) is 0.652. The molecule has 0 aliphatic heterocycles. The van der Waals surface area contributed by atoms with Crippen molar-refractivity contribution in [2.75, 3.05) is 0 Å². The molecule has 0 atom stereocenters. The molecule has 0 fully saturated rings. The number of hydrogen-bond donors (Lipinski definition) is 0. The van der Waals surface area contributed by atoms with Gasteiger partial charge >= 0.3 is 0 Å². The second kappa shape index (κ2) is 32.8.